The zero-order chi connectivity index (χ0) is 16.2. The summed E-state index contributed by atoms with van der Waals surface area (Å²) >= 11 is 0. The predicted octanol–water partition coefficient (Wildman–Crippen LogP) is 1.84. The lowest BCUT2D eigenvalue weighted by Gasteiger charge is -2.41. The number of aromatic nitrogens is 2. The molecular formula is C18H32N4O. The van der Waals surface area contributed by atoms with Gasteiger partial charge >= 0.3 is 0 Å². The molecule has 0 spiro atoms. The van der Waals surface area contributed by atoms with Crippen molar-refractivity contribution in [3.8, 4) is 0 Å². The number of nitrogens with one attached hydrogen (secondary N) is 1. The summed E-state index contributed by atoms with van der Waals surface area (Å²) in [4.78, 5) is 2.53. The van der Waals surface area contributed by atoms with Gasteiger partial charge in [-0.05, 0) is 32.1 Å². The molecule has 2 atom stereocenters. The van der Waals surface area contributed by atoms with Crippen LogP contribution in [-0.2, 0) is 20.0 Å². The predicted molar refractivity (Wildman–Crippen MR) is 92.3 cm³/mol. The maximum atomic E-state index is 10.2. The van der Waals surface area contributed by atoms with Gasteiger partial charge in [0.1, 0.15) is 0 Å². The Bertz CT molecular complexity index is 493. The third-order valence-corrected chi connectivity index (χ3v) is 5.60. The average Bonchev–Trinajstić information content (AvgIpc) is 2.94. The molecule has 1 aliphatic carbocycles. The van der Waals surface area contributed by atoms with Gasteiger partial charge in [0.25, 0.3) is 0 Å². The first-order valence-electron chi connectivity index (χ1n) is 9.34. The third kappa shape index (κ3) is 4.14. The van der Waals surface area contributed by atoms with Crippen molar-refractivity contribution in [3.63, 3.8) is 0 Å². The Labute approximate surface area is 140 Å². The molecule has 130 valence electrons. The quantitative estimate of drug-likeness (QED) is 0.869. The number of rotatable bonds is 5. The van der Waals surface area contributed by atoms with Crippen molar-refractivity contribution in [1.29, 1.82) is 0 Å². The summed E-state index contributed by atoms with van der Waals surface area (Å²) in [7, 11) is 2.00. The van der Waals surface area contributed by atoms with Crippen LogP contribution in [0, 0.1) is 0 Å². The van der Waals surface area contributed by atoms with Crippen LogP contribution in [0.1, 0.15) is 56.7 Å². The van der Waals surface area contributed by atoms with Crippen LogP contribution in [0.2, 0.25) is 0 Å². The van der Waals surface area contributed by atoms with E-state index in [2.05, 4.69) is 28.4 Å². The molecule has 1 saturated carbocycles. The van der Waals surface area contributed by atoms with E-state index in [4.69, 9.17) is 0 Å². The van der Waals surface area contributed by atoms with Gasteiger partial charge in [-0.25, -0.2) is 0 Å². The van der Waals surface area contributed by atoms with Crippen LogP contribution in [-0.4, -0.2) is 51.1 Å². The lowest BCUT2D eigenvalue weighted by Crippen LogP contribution is -2.51. The molecule has 2 heterocycles. The van der Waals surface area contributed by atoms with E-state index in [0.717, 1.165) is 32.5 Å². The van der Waals surface area contributed by atoms with Gasteiger partial charge in [0.15, 0.2) is 0 Å². The fourth-order valence-corrected chi connectivity index (χ4v) is 4.24. The van der Waals surface area contributed by atoms with Gasteiger partial charge in [-0.3, -0.25) is 9.58 Å². The number of aliphatic hydroxyl groups is 1. The summed E-state index contributed by atoms with van der Waals surface area (Å²) in [6.45, 7) is 5.33. The Kier molecular flexibility index (Phi) is 5.72. The molecular weight excluding hydrogens is 288 g/mol. The second-order valence-electron chi connectivity index (χ2n) is 7.24. The van der Waals surface area contributed by atoms with Gasteiger partial charge in [0, 0.05) is 50.5 Å². The van der Waals surface area contributed by atoms with Crippen LogP contribution in [0.4, 0.5) is 0 Å². The summed E-state index contributed by atoms with van der Waals surface area (Å²) in [6, 6.07) is 1.01. The van der Waals surface area contributed by atoms with Crippen molar-refractivity contribution in [2.75, 3.05) is 13.1 Å². The van der Waals surface area contributed by atoms with Gasteiger partial charge in [-0.15, -0.1) is 0 Å². The Hall–Kier alpha value is -0.910. The Morgan fingerprint density at radius 3 is 2.65 bits per heavy atom. The molecule has 1 saturated heterocycles. The normalized spacial score (nSPS) is 27.4. The lowest BCUT2D eigenvalue weighted by molar-refractivity contribution is 0.00713. The van der Waals surface area contributed by atoms with Crippen molar-refractivity contribution < 1.29 is 5.11 Å². The number of aliphatic hydroxyl groups excluding tert-OH is 1. The summed E-state index contributed by atoms with van der Waals surface area (Å²) in [5, 5.41) is 18.5. The van der Waals surface area contributed by atoms with E-state index in [-0.39, 0.29) is 6.10 Å². The molecule has 2 fully saturated rings. The fourth-order valence-electron chi connectivity index (χ4n) is 4.24. The van der Waals surface area contributed by atoms with E-state index in [1.54, 1.807) is 0 Å². The maximum absolute atomic E-state index is 10.2. The standard InChI is InChI=1S/C18H32N4O/c1-3-16-14(13-21(2)20-16)12-19-15-8-10-22(11-9-15)17-6-4-5-7-18(17)23/h13,15,17-19,23H,3-12H2,1-2H3. The van der Waals surface area contributed by atoms with E-state index in [1.807, 2.05) is 11.7 Å². The molecule has 2 aliphatic rings. The van der Waals surface area contributed by atoms with Gasteiger partial charge in [0.05, 0.1) is 11.8 Å². The highest BCUT2D eigenvalue weighted by molar-refractivity contribution is 5.16. The maximum Gasteiger partial charge on any atom is 0.0695 e. The first-order valence-corrected chi connectivity index (χ1v) is 9.34. The van der Waals surface area contributed by atoms with Crippen LogP contribution in [0.3, 0.4) is 0 Å². The van der Waals surface area contributed by atoms with E-state index >= 15 is 0 Å². The van der Waals surface area contributed by atoms with E-state index in [0.29, 0.717) is 12.1 Å². The summed E-state index contributed by atoms with van der Waals surface area (Å²) < 4.78 is 1.92. The van der Waals surface area contributed by atoms with Crippen LogP contribution >= 0.6 is 0 Å². The molecule has 2 unspecified atom stereocenters. The minimum Gasteiger partial charge on any atom is -0.391 e. The molecule has 3 rings (SSSR count). The molecule has 0 bridgehead atoms. The summed E-state index contributed by atoms with van der Waals surface area (Å²) in [5.74, 6) is 0. The highest BCUT2D eigenvalue weighted by Gasteiger charge is 2.31. The first-order chi connectivity index (χ1) is 11.2. The molecule has 1 aromatic heterocycles. The number of nitrogens with zero attached hydrogens (tertiary/aromatic N) is 3. The Morgan fingerprint density at radius 2 is 1.96 bits per heavy atom. The number of aryl methyl sites for hydroxylation is 2. The zero-order valence-electron chi connectivity index (χ0n) is 14.7. The van der Waals surface area contributed by atoms with E-state index in [1.165, 1.54) is 43.4 Å². The van der Waals surface area contributed by atoms with Crippen LogP contribution < -0.4 is 5.32 Å². The minimum atomic E-state index is -0.101. The minimum absolute atomic E-state index is 0.101. The SMILES string of the molecule is CCc1nn(C)cc1CNC1CCN(C2CCCCC2O)CC1. The van der Waals surface area contributed by atoms with Gasteiger partial charge in [-0.2, -0.15) is 5.10 Å². The number of likely N-dealkylation sites (tertiary alicyclic amines) is 1. The van der Waals surface area contributed by atoms with Crippen molar-refractivity contribution in [2.45, 2.75) is 76.6 Å². The summed E-state index contributed by atoms with van der Waals surface area (Å²) in [6.07, 6.45) is 10.0. The molecule has 0 amide bonds. The monoisotopic (exact) mass is 320 g/mol. The molecule has 2 N–H and O–H groups in total. The Balaban J connectivity index is 1.45. The molecule has 5 heteroatoms. The second kappa shape index (κ2) is 7.77. The zero-order valence-corrected chi connectivity index (χ0v) is 14.7. The topological polar surface area (TPSA) is 53.3 Å². The highest BCUT2D eigenvalue weighted by Crippen LogP contribution is 2.26. The molecule has 1 aliphatic heterocycles. The second-order valence-corrected chi connectivity index (χ2v) is 7.24. The van der Waals surface area contributed by atoms with Crippen molar-refractivity contribution in [3.05, 3.63) is 17.5 Å². The number of hydrogen-bond acceptors (Lipinski definition) is 4. The first kappa shape index (κ1) is 16.9. The van der Waals surface area contributed by atoms with Crippen LogP contribution in [0.5, 0.6) is 0 Å². The molecule has 1 aromatic rings. The summed E-state index contributed by atoms with van der Waals surface area (Å²) in [5.41, 5.74) is 2.54. The third-order valence-electron chi connectivity index (χ3n) is 5.60. The fraction of sp³-hybridized carbons (Fsp3) is 0.833. The Morgan fingerprint density at radius 1 is 1.22 bits per heavy atom. The van der Waals surface area contributed by atoms with Crippen molar-refractivity contribution in [2.24, 2.45) is 7.05 Å². The van der Waals surface area contributed by atoms with Gasteiger partial charge in [0.2, 0.25) is 0 Å². The molecule has 0 aromatic carbocycles. The van der Waals surface area contributed by atoms with E-state index < -0.39 is 0 Å². The van der Waals surface area contributed by atoms with Crippen molar-refractivity contribution in [1.82, 2.24) is 20.0 Å². The largest absolute Gasteiger partial charge is 0.391 e. The number of hydrogen-bond donors (Lipinski definition) is 2. The van der Waals surface area contributed by atoms with Crippen LogP contribution in [0.15, 0.2) is 6.20 Å². The molecule has 23 heavy (non-hydrogen) atoms. The lowest BCUT2D eigenvalue weighted by atomic mass is 9.89. The average molecular weight is 320 g/mol. The molecule has 0 radical (unpaired) electrons. The van der Waals surface area contributed by atoms with Crippen molar-refractivity contribution >= 4 is 0 Å². The van der Waals surface area contributed by atoms with Crippen LogP contribution in [0.25, 0.3) is 0 Å². The smallest absolute Gasteiger partial charge is 0.0695 e. The van der Waals surface area contributed by atoms with E-state index in [9.17, 15) is 5.11 Å². The van der Waals surface area contributed by atoms with Gasteiger partial charge < -0.3 is 10.4 Å². The van der Waals surface area contributed by atoms with Gasteiger partial charge in [-0.1, -0.05) is 19.8 Å². The highest BCUT2D eigenvalue weighted by atomic mass is 16.3. The number of piperidine rings is 1. The molecule has 5 nitrogen and oxygen atoms in total.